The first kappa shape index (κ1) is 43.2. The van der Waals surface area contributed by atoms with Crippen molar-refractivity contribution in [2.45, 2.75) is 90.1 Å². The number of halogens is 4. The van der Waals surface area contributed by atoms with Crippen molar-refractivity contribution >= 4 is 56.8 Å². The summed E-state index contributed by atoms with van der Waals surface area (Å²) >= 11 is 12.9. The zero-order chi connectivity index (χ0) is 41.8. The van der Waals surface area contributed by atoms with Gasteiger partial charge in [-0.1, -0.05) is 29.3 Å². The van der Waals surface area contributed by atoms with E-state index < -0.39 is 58.0 Å². The van der Waals surface area contributed by atoms with Crippen LogP contribution in [0.25, 0.3) is 0 Å². The summed E-state index contributed by atoms with van der Waals surface area (Å²) in [7, 11) is -4.31. The van der Waals surface area contributed by atoms with Gasteiger partial charge in [-0.15, -0.1) is 0 Å². The van der Waals surface area contributed by atoms with Crippen LogP contribution in [-0.4, -0.2) is 79.9 Å². The second kappa shape index (κ2) is 18.2. The van der Waals surface area contributed by atoms with Gasteiger partial charge in [0.25, 0.3) is 5.91 Å². The van der Waals surface area contributed by atoms with Crippen molar-refractivity contribution in [1.82, 2.24) is 9.88 Å². The molecule has 1 unspecified atom stereocenters. The fourth-order valence-corrected chi connectivity index (χ4v) is 7.75. The highest BCUT2D eigenvalue weighted by atomic mass is 35.5. The molecule has 1 aliphatic heterocycles. The van der Waals surface area contributed by atoms with Gasteiger partial charge in [0.1, 0.15) is 23.5 Å². The summed E-state index contributed by atoms with van der Waals surface area (Å²) in [5, 5.41) is 0.410. The lowest BCUT2D eigenvalue weighted by Gasteiger charge is -2.27. The van der Waals surface area contributed by atoms with E-state index in [-0.39, 0.29) is 70.5 Å². The summed E-state index contributed by atoms with van der Waals surface area (Å²) in [5.74, 6) is -2.65. The Labute approximate surface area is 345 Å². The third-order valence-electron chi connectivity index (χ3n) is 9.50. The number of benzene rings is 2. The molecule has 0 spiro atoms. The van der Waals surface area contributed by atoms with E-state index in [4.69, 9.17) is 46.9 Å². The summed E-state index contributed by atoms with van der Waals surface area (Å²) in [6.07, 6.45) is 6.19. The van der Waals surface area contributed by atoms with E-state index in [9.17, 15) is 31.6 Å². The van der Waals surface area contributed by atoms with Crippen LogP contribution in [0.5, 0.6) is 17.2 Å². The Balaban J connectivity index is 1.25. The summed E-state index contributed by atoms with van der Waals surface area (Å²) in [6.45, 7) is 2.55. The van der Waals surface area contributed by atoms with Crippen LogP contribution in [0, 0.1) is 11.8 Å². The summed E-state index contributed by atoms with van der Waals surface area (Å²) in [6, 6.07) is 7.44. The second-order valence-electron chi connectivity index (χ2n) is 15.6. The number of hydrogen-bond acceptors (Lipinski definition) is 11. The third kappa shape index (κ3) is 12.1. The van der Waals surface area contributed by atoms with Crippen molar-refractivity contribution < 1.29 is 55.3 Å². The Bertz CT molecular complexity index is 2090. The Hall–Kier alpha value is -4.41. The predicted octanol–water partition coefficient (Wildman–Crippen LogP) is 7.78. The number of pyridine rings is 1. The predicted molar refractivity (Wildman–Crippen MR) is 210 cm³/mol. The molecule has 1 aromatic heterocycles. The molecule has 1 amide bonds. The van der Waals surface area contributed by atoms with Crippen LogP contribution in [0.4, 0.5) is 14.5 Å². The van der Waals surface area contributed by atoms with Gasteiger partial charge in [-0.05, 0) is 113 Å². The number of esters is 2. The smallest absolute Gasteiger partial charge is 0.387 e. The Morgan fingerprint density at radius 2 is 1.55 bits per heavy atom. The highest BCUT2D eigenvalue weighted by Crippen LogP contribution is 2.39. The quantitative estimate of drug-likeness (QED) is 0.124. The van der Waals surface area contributed by atoms with Gasteiger partial charge in [0.15, 0.2) is 17.3 Å². The van der Waals surface area contributed by atoms with E-state index in [1.165, 1.54) is 53.7 Å². The van der Waals surface area contributed by atoms with Crippen LogP contribution in [0.3, 0.4) is 0 Å². The summed E-state index contributed by atoms with van der Waals surface area (Å²) in [5.41, 5.74) is -0.140. The lowest BCUT2D eigenvalue weighted by atomic mass is 10.0. The highest BCUT2D eigenvalue weighted by molar-refractivity contribution is 7.93. The standard InChI is InChI=1S/C40H45Cl2F2N3O10S/c1-40(2,3)57-36(48)22-58(51,52)46-30-15-26(11-12-32(30)53-20-23-6-7-23)37(49)47-14-4-5-31(47)38(50)55-34(17-27-28(41)18-45-19-29(27)42)25-10-13-33(56-39(43)44)35(16-25)54-21-24-8-9-24/h10-13,15-16,18-19,23-24,31,34,39,46H,4-9,14,17,20-22H2,1-3H3/t31-,34?/m0/s1. The number of aromatic nitrogens is 1. The van der Waals surface area contributed by atoms with Gasteiger partial charge in [0.2, 0.25) is 10.0 Å². The minimum Gasteiger partial charge on any atom is -0.491 e. The van der Waals surface area contributed by atoms with E-state index in [2.05, 4.69) is 9.71 Å². The number of carbonyl (C=O) groups excluding carboxylic acids is 3. The normalized spacial score (nSPS) is 17.4. The molecular weight excluding hydrogens is 823 g/mol. The summed E-state index contributed by atoms with van der Waals surface area (Å²) in [4.78, 5) is 46.0. The molecule has 18 heteroatoms. The van der Waals surface area contributed by atoms with Crippen molar-refractivity contribution in [2.24, 2.45) is 11.8 Å². The number of hydrogen-bond donors (Lipinski definition) is 1. The molecule has 2 aliphatic carbocycles. The van der Waals surface area contributed by atoms with Gasteiger partial charge < -0.3 is 28.6 Å². The number of alkyl halides is 2. The van der Waals surface area contributed by atoms with Gasteiger partial charge in [-0.3, -0.25) is 19.3 Å². The lowest BCUT2D eigenvalue weighted by Crippen LogP contribution is -2.42. The molecule has 6 rings (SSSR count). The SMILES string of the molecule is CC(C)(C)OC(=O)CS(=O)(=O)Nc1cc(C(=O)N2CCC[C@H]2C(=O)OC(Cc2c(Cl)cncc2Cl)c2ccc(OC(F)F)c(OCC3CC3)c2)ccc1OCC1CC1. The molecule has 58 heavy (non-hydrogen) atoms. The number of anilines is 1. The zero-order valence-electron chi connectivity index (χ0n) is 32.2. The number of carbonyl (C=O) groups is 3. The number of rotatable bonds is 18. The maximum absolute atomic E-state index is 14.1. The molecular formula is C40H45Cl2F2N3O10S. The first-order chi connectivity index (χ1) is 27.4. The van der Waals surface area contributed by atoms with Crippen molar-refractivity contribution in [3.8, 4) is 17.2 Å². The molecule has 1 N–H and O–H groups in total. The van der Waals surface area contributed by atoms with Gasteiger partial charge in [-0.2, -0.15) is 8.78 Å². The third-order valence-corrected chi connectivity index (χ3v) is 11.3. The van der Waals surface area contributed by atoms with E-state index in [0.717, 1.165) is 25.7 Å². The van der Waals surface area contributed by atoms with Gasteiger partial charge in [-0.25, -0.2) is 13.2 Å². The Morgan fingerprint density at radius 3 is 2.17 bits per heavy atom. The van der Waals surface area contributed by atoms with Crippen LogP contribution < -0.4 is 18.9 Å². The molecule has 13 nitrogen and oxygen atoms in total. The van der Waals surface area contributed by atoms with E-state index >= 15 is 0 Å². The van der Waals surface area contributed by atoms with Crippen molar-refractivity contribution in [1.29, 1.82) is 0 Å². The van der Waals surface area contributed by atoms with E-state index in [1.54, 1.807) is 20.8 Å². The van der Waals surface area contributed by atoms with Crippen LogP contribution in [0.15, 0.2) is 48.8 Å². The molecule has 314 valence electrons. The molecule has 0 radical (unpaired) electrons. The fraction of sp³-hybridized carbons (Fsp3) is 0.500. The molecule has 2 aromatic carbocycles. The van der Waals surface area contributed by atoms with Crippen LogP contribution in [-0.2, 0) is 35.5 Å². The Kier molecular flexibility index (Phi) is 13.6. The van der Waals surface area contributed by atoms with Gasteiger partial charge in [0, 0.05) is 30.9 Å². The molecule has 0 bridgehead atoms. The number of ether oxygens (including phenoxy) is 5. The molecule has 3 aliphatic rings. The lowest BCUT2D eigenvalue weighted by molar-refractivity contribution is -0.154. The first-order valence-corrected chi connectivity index (χ1v) is 21.4. The van der Waals surface area contributed by atoms with Crippen LogP contribution in [0.1, 0.15) is 86.9 Å². The fourth-order valence-electron chi connectivity index (χ4n) is 6.30. The maximum atomic E-state index is 14.1. The topological polar surface area (TPSA) is 160 Å². The van der Waals surface area contributed by atoms with E-state index in [1.807, 2.05) is 0 Å². The number of amides is 1. The van der Waals surface area contributed by atoms with Gasteiger partial charge in [0.05, 0.1) is 28.9 Å². The second-order valence-corrected chi connectivity index (χ2v) is 18.2. The molecule has 1 saturated heterocycles. The largest absolute Gasteiger partial charge is 0.491 e. The van der Waals surface area contributed by atoms with Crippen molar-refractivity contribution in [3.05, 3.63) is 75.5 Å². The molecule has 3 fully saturated rings. The number of nitrogens with one attached hydrogen (secondary N) is 1. The number of likely N-dealkylation sites (tertiary alicyclic amines) is 1. The molecule has 2 saturated carbocycles. The average molecular weight is 869 g/mol. The minimum absolute atomic E-state index is 0.0393. The number of nitrogens with zero attached hydrogens (tertiary/aromatic N) is 2. The summed E-state index contributed by atoms with van der Waals surface area (Å²) < 4.78 is 83.1. The van der Waals surface area contributed by atoms with Crippen LogP contribution in [0.2, 0.25) is 10.0 Å². The minimum atomic E-state index is -4.31. The average Bonchev–Trinajstić information content (AvgIpc) is 4.08. The monoisotopic (exact) mass is 867 g/mol. The van der Waals surface area contributed by atoms with Crippen molar-refractivity contribution in [3.63, 3.8) is 0 Å². The zero-order valence-corrected chi connectivity index (χ0v) is 34.5. The molecule has 2 atom stereocenters. The van der Waals surface area contributed by atoms with E-state index in [0.29, 0.717) is 30.1 Å². The first-order valence-electron chi connectivity index (χ1n) is 18.9. The highest BCUT2D eigenvalue weighted by Gasteiger charge is 2.38. The molecule has 2 heterocycles. The molecule has 3 aromatic rings. The Morgan fingerprint density at radius 1 is 0.914 bits per heavy atom. The van der Waals surface area contributed by atoms with Gasteiger partial charge >= 0.3 is 18.6 Å². The number of sulfonamides is 1. The maximum Gasteiger partial charge on any atom is 0.387 e. The van der Waals surface area contributed by atoms with Crippen LogP contribution >= 0.6 is 23.2 Å². The van der Waals surface area contributed by atoms with Crippen molar-refractivity contribution in [2.75, 3.05) is 30.2 Å².